The van der Waals surface area contributed by atoms with Gasteiger partial charge in [0.25, 0.3) is 0 Å². The molecule has 1 fully saturated rings. The van der Waals surface area contributed by atoms with Crippen molar-refractivity contribution in [2.45, 2.75) is 26.2 Å². The summed E-state index contributed by atoms with van der Waals surface area (Å²) in [7, 11) is 0. The van der Waals surface area contributed by atoms with Gasteiger partial charge in [0.15, 0.2) is 0 Å². The average molecular weight is 220 g/mol. The maximum atomic E-state index is 5.91. The lowest BCUT2D eigenvalue weighted by Crippen LogP contribution is -2.28. The van der Waals surface area contributed by atoms with Crippen molar-refractivity contribution >= 4 is 11.6 Å². The topological polar surface area (TPSA) is 21.3 Å². The Morgan fingerprint density at radius 3 is 2.86 bits per heavy atom. The van der Waals surface area contributed by atoms with Crippen molar-refractivity contribution in [1.82, 2.24) is 5.32 Å². The molecule has 0 aromatic carbocycles. The number of hydrogen-bond donors (Lipinski definition) is 1. The Kier molecular flexibility index (Phi) is 6.57. The van der Waals surface area contributed by atoms with Crippen molar-refractivity contribution in [3.63, 3.8) is 0 Å². The number of halogens is 1. The van der Waals surface area contributed by atoms with Crippen LogP contribution < -0.4 is 5.32 Å². The summed E-state index contributed by atoms with van der Waals surface area (Å²) in [6, 6.07) is 0. The second-order valence-corrected chi connectivity index (χ2v) is 4.32. The van der Waals surface area contributed by atoms with Gasteiger partial charge in [-0.05, 0) is 38.1 Å². The number of rotatable bonds is 7. The van der Waals surface area contributed by atoms with Crippen molar-refractivity contribution in [1.29, 1.82) is 0 Å². The Morgan fingerprint density at radius 1 is 1.36 bits per heavy atom. The molecule has 0 heterocycles. The predicted octanol–water partition coefficient (Wildman–Crippen LogP) is 2.27. The SMILES string of the molecule is CCOCCNCC1CCCC1CCl. The summed E-state index contributed by atoms with van der Waals surface area (Å²) in [5.74, 6) is 2.38. The summed E-state index contributed by atoms with van der Waals surface area (Å²) >= 11 is 5.91. The first-order chi connectivity index (χ1) is 6.88. The molecule has 1 N–H and O–H groups in total. The first-order valence-electron chi connectivity index (χ1n) is 5.73. The molecular formula is C11H22ClNO. The van der Waals surface area contributed by atoms with Gasteiger partial charge in [-0.2, -0.15) is 0 Å². The third-order valence-corrected chi connectivity index (χ3v) is 3.44. The third-order valence-electron chi connectivity index (χ3n) is 3.05. The number of nitrogens with one attached hydrogen (secondary N) is 1. The quantitative estimate of drug-likeness (QED) is 0.524. The Labute approximate surface area is 92.3 Å². The second kappa shape index (κ2) is 7.49. The van der Waals surface area contributed by atoms with Gasteiger partial charge in [0.2, 0.25) is 0 Å². The molecule has 2 unspecified atom stereocenters. The standard InChI is InChI=1S/C11H22ClNO/c1-2-14-7-6-13-9-11-5-3-4-10(11)8-12/h10-11,13H,2-9H2,1H3. The molecule has 1 saturated carbocycles. The van der Waals surface area contributed by atoms with E-state index >= 15 is 0 Å². The van der Waals surface area contributed by atoms with Gasteiger partial charge in [0, 0.05) is 19.0 Å². The van der Waals surface area contributed by atoms with E-state index in [-0.39, 0.29) is 0 Å². The van der Waals surface area contributed by atoms with E-state index in [1.807, 2.05) is 6.92 Å². The molecule has 0 aliphatic heterocycles. The van der Waals surface area contributed by atoms with Crippen LogP contribution in [0, 0.1) is 11.8 Å². The zero-order chi connectivity index (χ0) is 10.2. The van der Waals surface area contributed by atoms with Crippen molar-refractivity contribution in [2.75, 3.05) is 32.2 Å². The van der Waals surface area contributed by atoms with E-state index in [0.717, 1.165) is 44.0 Å². The first-order valence-corrected chi connectivity index (χ1v) is 6.26. The van der Waals surface area contributed by atoms with Crippen LogP contribution in [0.4, 0.5) is 0 Å². The second-order valence-electron chi connectivity index (χ2n) is 4.01. The summed E-state index contributed by atoms with van der Waals surface area (Å²) in [5, 5.41) is 3.44. The maximum absolute atomic E-state index is 5.91. The Hall–Kier alpha value is 0.210. The minimum absolute atomic E-state index is 0.747. The molecule has 1 rings (SSSR count). The Balaban J connectivity index is 2.00. The van der Waals surface area contributed by atoms with Crippen LogP contribution in [0.3, 0.4) is 0 Å². The van der Waals surface area contributed by atoms with E-state index in [0.29, 0.717) is 0 Å². The monoisotopic (exact) mass is 219 g/mol. The molecule has 1 aliphatic rings. The van der Waals surface area contributed by atoms with Crippen molar-refractivity contribution in [2.24, 2.45) is 11.8 Å². The summed E-state index contributed by atoms with van der Waals surface area (Å²) < 4.78 is 5.26. The van der Waals surface area contributed by atoms with E-state index in [2.05, 4.69) is 5.32 Å². The normalized spacial score (nSPS) is 27.0. The van der Waals surface area contributed by atoms with Crippen LogP contribution in [0.2, 0.25) is 0 Å². The van der Waals surface area contributed by atoms with Crippen molar-refractivity contribution < 1.29 is 4.74 Å². The fraction of sp³-hybridized carbons (Fsp3) is 1.00. The van der Waals surface area contributed by atoms with Crippen LogP contribution in [0.15, 0.2) is 0 Å². The molecule has 2 nitrogen and oxygen atoms in total. The molecule has 0 aromatic heterocycles. The zero-order valence-electron chi connectivity index (χ0n) is 9.10. The van der Waals surface area contributed by atoms with E-state index in [9.17, 15) is 0 Å². The van der Waals surface area contributed by atoms with Crippen LogP contribution in [-0.4, -0.2) is 32.2 Å². The molecule has 84 valence electrons. The molecule has 1 aliphatic carbocycles. The van der Waals surface area contributed by atoms with E-state index < -0.39 is 0 Å². The van der Waals surface area contributed by atoms with E-state index in [1.54, 1.807) is 0 Å². The smallest absolute Gasteiger partial charge is 0.0590 e. The summed E-state index contributed by atoms with van der Waals surface area (Å²) in [5.41, 5.74) is 0. The summed E-state index contributed by atoms with van der Waals surface area (Å²) in [4.78, 5) is 0. The van der Waals surface area contributed by atoms with E-state index in [1.165, 1.54) is 19.3 Å². The average Bonchev–Trinajstić information content (AvgIpc) is 2.65. The highest BCUT2D eigenvalue weighted by molar-refractivity contribution is 6.18. The highest BCUT2D eigenvalue weighted by Gasteiger charge is 2.25. The summed E-state index contributed by atoms with van der Waals surface area (Å²) in [6.45, 7) is 5.76. The molecule has 0 bridgehead atoms. The van der Waals surface area contributed by atoms with Crippen LogP contribution in [-0.2, 0) is 4.74 Å². The van der Waals surface area contributed by atoms with Gasteiger partial charge < -0.3 is 10.1 Å². The largest absolute Gasteiger partial charge is 0.380 e. The van der Waals surface area contributed by atoms with E-state index in [4.69, 9.17) is 16.3 Å². The highest BCUT2D eigenvalue weighted by atomic mass is 35.5. The van der Waals surface area contributed by atoms with Crippen LogP contribution in [0.5, 0.6) is 0 Å². The molecule has 0 aromatic rings. The fourth-order valence-corrected chi connectivity index (χ4v) is 2.57. The molecule has 2 atom stereocenters. The highest BCUT2D eigenvalue weighted by Crippen LogP contribution is 2.31. The van der Waals surface area contributed by atoms with Crippen LogP contribution in [0.1, 0.15) is 26.2 Å². The maximum Gasteiger partial charge on any atom is 0.0590 e. The predicted molar refractivity (Wildman–Crippen MR) is 60.9 cm³/mol. The lowest BCUT2D eigenvalue weighted by molar-refractivity contribution is 0.148. The minimum atomic E-state index is 0.747. The third kappa shape index (κ3) is 4.16. The molecule has 14 heavy (non-hydrogen) atoms. The molecule has 0 saturated heterocycles. The Bertz CT molecular complexity index is 143. The molecule has 0 amide bonds. The lowest BCUT2D eigenvalue weighted by atomic mass is 9.98. The van der Waals surface area contributed by atoms with Gasteiger partial charge in [-0.15, -0.1) is 11.6 Å². The fourth-order valence-electron chi connectivity index (χ4n) is 2.16. The van der Waals surface area contributed by atoms with Crippen LogP contribution in [0.25, 0.3) is 0 Å². The van der Waals surface area contributed by atoms with Gasteiger partial charge in [0.1, 0.15) is 0 Å². The minimum Gasteiger partial charge on any atom is -0.380 e. The lowest BCUT2D eigenvalue weighted by Gasteiger charge is -2.17. The van der Waals surface area contributed by atoms with Gasteiger partial charge in [-0.3, -0.25) is 0 Å². The van der Waals surface area contributed by atoms with Crippen LogP contribution >= 0.6 is 11.6 Å². The zero-order valence-corrected chi connectivity index (χ0v) is 9.85. The first kappa shape index (κ1) is 12.3. The summed E-state index contributed by atoms with van der Waals surface area (Å²) in [6.07, 6.45) is 4.02. The Morgan fingerprint density at radius 2 is 2.14 bits per heavy atom. The van der Waals surface area contributed by atoms with Gasteiger partial charge in [0.05, 0.1) is 6.61 Å². The number of alkyl halides is 1. The number of ether oxygens (including phenoxy) is 1. The van der Waals surface area contributed by atoms with Gasteiger partial charge in [-0.25, -0.2) is 0 Å². The van der Waals surface area contributed by atoms with Crippen molar-refractivity contribution in [3.05, 3.63) is 0 Å². The molecular weight excluding hydrogens is 198 g/mol. The van der Waals surface area contributed by atoms with Crippen molar-refractivity contribution in [3.8, 4) is 0 Å². The molecule has 0 spiro atoms. The molecule has 0 radical (unpaired) electrons. The van der Waals surface area contributed by atoms with Gasteiger partial charge in [-0.1, -0.05) is 6.42 Å². The van der Waals surface area contributed by atoms with Gasteiger partial charge >= 0.3 is 0 Å². The number of hydrogen-bond acceptors (Lipinski definition) is 2. The molecule has 3 heteroatoms.